The second-order valence-corrected chi connectivity index (χ2v) is 5.19. The van der Waals surface area contributed by atoms with Crippen LogP contribution < -0.4 is 5.32 Å². The molecule has 1 aliphatic rings. The van der Waals surface area contributed by atoms with Gasteiger partial charge in [0.15, 0.2) is 5.82 Å². The first kappa shape index (κ1) is 12.5. The molecular weight excluding hydrogens is 214 g/mol. The molecule has 0 aromatic carbocycles. The number of tetrazole rings is 1. The minimum absolute atomic E-state index is 0.229. The molecule has 2 rings (SSSR count). The summed E-state index contributed by atoms with van der Waals surface area (Å²) in [6, 6.07) is 0.720. The summed E-state index contributed by atoms with van der Waals surface area (Å²) in [4.78, 5) is 0. The van der Waals surface area contributed by atoms with Crippen LogP contribution in [0.15, 0.2) is 0 Å². The van der Waals surface area contributed by atoms with Crippen molar-refractivity contribution in [3.8, 4) is 0 Å². The molecule has 1 N–H and O–H groups in total. The molecule has 0 amide bonds. The maximum absolute atomic E-state index is 4.19. The number of aromatic nitrogens is 4. The average Bonchev–Trinajstić information content (AvgIpc) is 2.78. The second kappa shape index (κ2) is 5.58. The molecule has 3 atom stereocenters. The normalized spacial score (nSPS) is 27.0. The first-order valence-electron chi connectivity index (χ1n) is 6.73. The highest BCUT2D eigenvalue weighted by atomic mass is 15.6. The highest BCUT2D eigenvalue weighted by molar-refractivity contribution is 4.93. The number of rotatable bonds is 4. The maximum atomic E-state index is 4.19. The van der Waals surface area contributed by atoms with Gasteiger partial charge in [0.25, 0.3) is 0 Å². The molecule has 1 aromatic heterocycles. The van der Waals surface area contributed by atoms with Crippen LogP contribution in [0.25, 0.3) is 0 Å². The molecule has 96 valence electrons. The molecule has 5 nitrogen and oxygen atoms in total. The van der Waals surface area contributed by atoms with Crippen LogP contribution in [-0.2, 0) is 0 Å². The third-order valence-electron chi connectivity index (χ3n) is 3.67. The fourth-order valence-corrected chi connectivity index (χ4v) is 2.77. The van der Waals surface area contributed by atoms with Crippen molar-refractivity contribution < 1.29 is 0 Å². The predicted octanol–water partition coefficient (Wildman–Crippen LogP) is 2.09. The van der Waals surface area contributed by atoms with E-state index in [2.05, 4.69) is 41.6 Å². The molecule has 17 heavy (non-hydrogen) atoms. The third kappa shape index (κ3) is 2.83. The van der Waals surface area contributed by atoms with Crippen LogP contribution in [0, 0.1) is 5.92 Å². The van der Waals surface area contributed by atoms with Gasteiger partial charge in [-0.05, 0) is 42.7 Å². The van der Waals surface area contributed by atoms with Gasteiger partial charge in [0.1, 0.15) is 0 Å². The van der Waals surface area contributed by atoms with Crippen LogP contribution in [0.2, 0.25) is 0 Å². The van der Waals surface area contributed by atoms with E-state index in [0.717, 1.165) is 18.3 Å². The number of hydrogen-bond acceptors (Lipinski definition) is 4. The molecule has 1 heterocycles. The van der Waals surface area contributed by atoms with E-state index < -0.39 is 0 Å². The smallest absolute Gasteiger partial charge is 0.168 e. The molecular formula is C12H23N5. The predicted molar refractivity (Wildman–Crippen MR) is 66.6 cm³/mol. The van der Waals surface area contributed by atoms with E-state index in [4.69, 9.17) is 0 Å². The molecule has 0 radical (unpaired) electrons. The van der Waals surface area contributed by atoms with Crippen LogP contribution in [0.4, 0.5) is 0 Å². The Morgan fingerprint density at radius 3 is 3.00 bits per heavy atom. The van der Waals surface area contributed by atoms with E-state index in [1.54, 1.807) is 0 Å². The molecule has 5 heteroatoms. The van der Waals surface area contributed by atoms with Gasteiger partial charge in [-0.25, -0.2) is 4.68 Å². The van der Waals surface area contributed by atoms with Crippen molar-refractivity contribution in [2.45, 2.75) is 58.5 Å². The Hall–Kier alpha value is -0.970. The quantitative estimate of drug-likeness (QED) is 0.871. The fraction of sp³-hybridized carbons (Fsp3) is 0.917. The highest BCUT2D eigenvalue weighted by Gasteiger charge is 2.25. The summed E-state index contributed by atoms with van der Waals surface area (Å²) in [6.07, 6.45) is 5.05. The Labute approximate surface area is 103 Å². The fourth-order valence-electron chi connectivity index (χ4n) is 2.77. The summed E-state index contributed by atoms with van der Waals surface area (Å²) in [5, 5.41) is 15.6. The van der Waals surface area contributed by atoms with E-state index >= 15 is 0 Å². The number of hydrogen-bond donors (Lipinski definition) is 1. The Morgan fingerprint density at radius 1 is 1.47 bits per heavy atom. The van der Waals surface area contributed by atoms with Gasteiger partial charge in [0, 0.05) is 0 Å². The van der Waals surface area contributed by atoms with Gasteiger partial charge in [-0.15, -0.1) is 5.10 Å². The van der Waals surface area contributed by atoms with Gasteiger partial charge in [-0.1, -0.05) is 26.7 Å². The number of nitrogens with one attached hydrogen (secondary N) is 1. The van der Waals surface area contributed by atoms with Crippen LogP contribution in [0.5, 0.6) is 0 Å². The Balaban J connectivity index is 2.12. The van der Waals surface area contributed by atoms with Crippen LogP contribution in [0.3, 0.4) is 0 Å². The molecule has 1 aromatic rings. The van der Waals surface area contributed by atoms with Gasteiger partial charge >= 0.3 is 0 Å². The van der Waals surface area contributed by atoms with E-state index in [9.17, 15) is 0 Å². The minimum Gasteiger partial charge on any atom is -0.308 e. The van der Waals surface area contributed by atoms with Crippen LogP contribution in [-0.4, -0.2) is 26.8 Å². The van der Waals surface area contributed by atoms with E-state index in [1.807, 2.05) is 4.68 Å². The topological polar surface area (TPSA) is 55.6 Å². The lowest BCUT2D eigenvalue weighted by molar-refractivity contribution is 0.254. The SMILES string of the molecule is CCNC(C)c1nnnn1C1CCCC(C)C1. The summed E-state index contributed by atoms with van der Waals surface area (Å²) in [6.45, 7) is 7.49. The Kier molecular flexibility index (Phi) is 4.10. The zero-order valence-corrected chi connectivity index (χ0v) is 11.1. The number of nitrogens with zero attached hydrogens (tertiary/aromatic N) is 4. The van der Waals surface area contributed by atoms with E-state index in [0.29, 0.717) is 6.04 Å². The summed E-state index contributed by atoms with van der Waals surface area (Å²) in [5.41, 5.74) is 0. The largest absolute Gasteiger partial charge is 0.308 e. The molecule has 1 aliphatic carbocycles. The van der Waals surface area contributed by atoms with Crippen molar-refractivity contribution >= 4 is 0 Å². The van der Waals surface area contributed by atoms with E-state index in [1.165, 1.54) is 25.7 Å². The van der Waals surface area contributed by atoms with Gasteiger partial charge in [0.2, 0.25) is 0 Å². The standard InChI is InChI=1S/C12H23N5/c1-4-13-10(3)12-14-15-16-17(12)11-7-5-6-9(2)8-11/h9-11,13H,4-8H2,1-3H3. The van der Waals surface area contributed by atoms with Crippen molar-refractivity contribution in [1.29, 1.82) is 0 Å². The summed E-state index contributed by atoms with van der Waals surface area (Å²) < 4.78 is 2.04. The first-order valence-corrected chi connectivity index (χ1v) is 6.73. The van der Waals surface area contributed by atoms with Crippen LogP contribution in [0.1, 0.15) is 64.4 Å². The Bertz CT molecular complexity index is 348. The lowest BCUT2D eigenvalue weighted by Crippen LogP contribution is -2.26. The summed E-state index contributed by atoms with van der Waals surface area (Å²) in [7, 11) is 0. The van der Waals surface area contributed by atoms with Gasteiger partial charge in [0.05, 0.1) is 12.1 Å². The first-order chi connectivity index (χ1) is 8.22. The minimum atomic E-state index is 0.229. The second-order valence-electron chi connectivity index (χ2n) is 5.19. The molecule has 0 saturated heterocycles. The van der Waals surface area contributed by atoms with Crippen molar-refractivity contribution in [1.82, 2.24) is 25.5 Å². The van der Waals surface area contributed by atoms with Gasteiger partial charge < -0.3 is 5.32 Å². The van der Waals surface area contributed by atoms with Gasteiger partial charge in [-0.3, -0.25) is 0 Å². The van der Waals surface area contributed by atoms with Crippen molar-refractivity contribution in [2.75, 3.05) is 6.54 Å². The monoisotopic (exact) mass is 237 g/mol. The molecule has 3 unspecified atom stereocenters. The molecule has 1 saturated carbocycles. The zero-order valence-electron chi connectivity index (χ0n) is 11.1. The highest BCUT2D eigenvalue weighted by Crippen LogP contribution is 2.32. The summed E-state index contributed by atoms with van der Waals surface area (Å²) >= 11 is 0. The maximum Gasteiger partial charge on any atom is 0.168 e. The van der Waals surface area contributed by atoms with Gasteiger partial charge in [-0.2, -0.15) is 0 Å². The molecule has 0 bridgehead atoms. The molecule has 0 spiro atoms. The van der Waals surface area contributed by atoms with E-state index in [-0.39, 0.29) is 6.04 Å². The lowest BCUT2D eigenvalue weighted by Gasteiger charge is -2.27. The van der Waals surface area contributed by atoms with Crippen molar-refractivity contribution in [3.05, 3.63) is 5.82 Å². The Morgan fingerprint density at radius 2 is 2.29 bits per heavy atom. The lowest BCUT2D eigenvalue weighted by atomic mass is 9.87. The third-order valence-corrected chi connectivity index (χ3v) is 3.67. The van der Waals surface area contributed by atoms with Crippen molar-refractivity contribution in [2.24, 2.45) is 5.92 Å². The average molecular weight is 237 g/mol. The van der Waals surface area contributed by atoms with Crippen LogP contribution >= 0.6 is 0 Å². The molecule has 0 aliphatic heterocycles. The van der Waals surface area contributed by atoms with Crippen molar-refractivity contribution in [3.63, 3.8) is 0 Å². The summed E-state index contributed by atoms with van der Waals surface area (Å²) in [5.74, 6) is 1.77. The molecule has 1 fully saturated rings. The zero-order chi connectivity index (χ0) is 12.3.